The molecule has 11 nitrogen and oxygen atoms in total. The second-order valence-corrected chi connectivity index (χ2v) is 9.50. The molecule has 41 heavy (non-hydrogen) atoms. The van der Waals surface area contributed by atoms with Gasteiger partial charge in [-0.2, -0.15) is 4.37 Å². The van der Waals surface area contributed by atoms with Crippen LogP contribution in [-0.2, 0) is 11.3 Å². The van der Waals surface area contributed by atoms with Gasteiger partial charge in [-0.15, -0.1) is 0 Å². The summed E-state index contributed by atoms with van der Waals surface area (Å²) >= 11 is 0.713. The van der Waals surface area contributed by atoms with Crippen LogP contribution >= 0.6 is 11.5 Å². The number of nitrogens with one attached hydrogen (secondary N) is 1. The van der Waals surface area contributed by atoms with Crippen LogP contribution in [0.1, 0.15) is 37.3 Å². The molecule has 0 radical (unpaired) electrons. The molecule has 0 aliphatic carbocycles. The fourth-order valence-corrected chi connectivity index (χ4v) is 4.92. The van der Waals surface area contributed by atoms with Crippen LogP contribution in [-0.4, -0.2) is 43.4 Å². The number of amides is 3. The summed E-state index contributed by atoms with van der Waals surface area (Å²) in [4.78, 5) is 41.4. The van der Waals surface area contributed by atoms with E-state index in [1.165, 1.54) is 26.2 Å². The van der Waals surface area contributed by atoms with Crippen LogP contribution in [0.25, 0.3) is 0 Å². The Labute approximate surface area is 240 Å². The van der Waals surface area contributed by atoms with E-state index in [0.717, 1.165) is 5.56 Å². The van der Waals surface area contributed by atoms with E-state index in [2.05, 4.69) is 9.69 Å². The zero-order valence-corrected chi connectivity index (χ0v) is 23.4. The smallest absolute Gasteiger partial charge is 0.273 e. The van der Waals surface area contributed by atoms with E-state index in [-0.39, 0.29) is 34.2 Å². The number of nitrogens with zero attached hydrogens (tertiary/aromatic N) is 2. The quantitative estimate of drug-likeness (QED) is 0.245. The van der Waals surface area contributed by atoms with E-state index < -0.39 is 23.8 Å². The van der Waals surface area contributed by atoms with Gasteiger partial charge in [-0.25, -0.2) is 0 Å². The molecule has 0 bridgehead atoms. The largest absolute Gasteiger partial charge is 0.497 e. The summed E-state index contributed by atoms with van der Waals surface area (Å²) in [7, 11) is 4.46. The molecular weight excluding hydrogens is 546 g/mol. The molecule has 3 aromatic carbocycles. The van der Waals surface area contributed by atoms with Crippen LogP contribution in [0.5, 0.6) is 17.2 Å². The zero-order chi connectivity index (χ0) is 29.5. The highest BCUT2D eigenvalue weighted by Crippen LogP contribution is 2.40. The summed E-state index contributed by atoms with van der Waals surface area (Å²) in [5.41, 5.74) is 12.7. The van der Waals surface area contributed by atoms with Gasteiger partial charge in [0, 0.05) is 12.6 Å². The molecule has 1 heterocycles. The zero-order valence-electron chi connectivity index (χ0n) is 22.6. The Bertz CT molecular complexity index is 1540. The van der Waals surface area contributed by atoms with Crippen molar-refractivity contribution in [3.8, 4) is 17.2 Å². The Morgan fingerprint density at radius 2 is 1.59 bits per heavy atom. The van der Waals surface area contributed by atoms with Gasteiger partial charge in [0.1, 0.15) is 28.2 Å². The van der Waals surface area contributed by atoms with E-state index in [4.69, 9.17) is 25.7 Å². The molecule has 12 heteroatoms. The van der Waals surface area contributed by atoms with Crippen molar-refractivity contribution in [1.82, 2.24) is 9.69 Å². The van der Waals surface area contributed by atoms with Gasteiger partial charge >= 0.3 is 0 Å². The van der Waals surface area contributed by atoms with E-state index in [1.54, 1.807) is 42.5 Å². The lowest BCUT2D eigenvalue weighted by molar-refractivity contribution is -0.122. The lowest BCUT2D eigenvalue weighted by atomic mass is 10.0. The average Bonchev–Trinajstić information content (AvgIpc) is 3.40. The molecule has 0 fully saturated rings. The van der Waals surface area contributed by atoms with Crippen LogP contribution < -0.4 is 35.9 Å². The fraction of sp³-hybridized carbons (Fsp3) is 0.172. The Morgan fingerprint density at radius 1 is 0.927 bits per heavy atom. The predicted molar refractivity (Wildman–Crippen MR) is 155 cm³/mol. The van der Waals surface area contributed by atoms with Gasteiger partial charge in [-0.1, -0.05) is 42.5 Å². The number of rotatable bonds is 11. The van der Waals surface area contributed by atoms with Gasteiger partial charge in [0.05, 0.1) is 32.7 Å². The molecule has 1 aromatic heterocycles. The monoisotopic (exact) mass is 575 g/mol. The van der Waals surface area contributed by atoms with Crippen molar-refractivity contribution in [2.75, 3.05) is 32.0 Å². The summed E-state index contributed by atoms with van der Waals surface area (Å²) in [6.45, 7) is 0.211. The van der Waals surface area contributed by atoms with Gasteiger partial charge in [-0.05, 0) is 46.9 Å². The van der Waals surface area contributed by atoms with Crippen molar-refractivity contribution in [3.63, 3.8) is 0 Å². The molecule has 1 atom stereocenters. The molecule has 0 unspecified atom stereocenters. The summed E-state index contributed by atoms with van der Waals surface area (Å²) in [5.74, 6) is -0.755. The van der Waals surface area contributed by atoms with Crippen molar-refractivity contribution in [2.45, 2.75) is 12.6 Å². The van der Waals surface area contributed by atoms with Crippen LogP contribution in [0.2, 0.25) is 0 Å². The maximum atomic E-state index is 14.3. The first-order valence-corrected chi connectivity index (χ1v) is 13.1. The first kappa shape index (κ1) is 28.9. The van der Waals surface area contributed by atoms with E-state index in [1.807, 2.05) is 30.3 Å². The molecule has 4 rings (SSSR count). The van der Waals surface area contributed by atoms with Crippen molar-refractivity contribution in [1.29, 1.82) is 0 Å². The normalized spacial score (nSPS) is 11.3. The number of aromatic nitrogens is 1. The number of carbonyl (C=O) groups is 3. The molecule has 5 N–H and O–H groups in total. The van der Waals surface area contributed by atoms with E-state index in [9.17, 15) is 14.4 Å². The maximum Gasteiger partial charge on any atom is 0.273 e. The molecule has 0 aliphatic heterocycles. The maximum absolute atomic E-state index is 14.3. The number of anilines is 2. The molecule has 3 amide bonds. The predicted octanol–water partition coefficient (Wildman–Crippen LogP) is 3.55. The standard InChI is InChI=1S/C29H29N5O6S/c1-38-19-11-9-18(10-12-19)25(28(36)32-16-17-7-5-4-6-8-17)34(21-14-13-20(39-2)15-22(21)40-3)29(37)26-23(30)24(27(31)35)33-41-26/h4-15,25H,16,30H2,1-3H3,(H2,31,35)(H,32,36)/t25-/m1/s1. The first-order valence-electron chi connectivity index (χ1n) is 12.3. The number of ether oxygens (including phenoxy) is 3. The van der Waals surface area contributed by atoms with Crippen molar-refractivity contribution < 1.29 is 28.6 Å². The third-order valence-corrected chi connectivity index (χ3v) is 7.12. The van der Waals surface area contributed by atoms with Gasteiger partial charge in [0.2, 0.25) is 5.91 Å². The molecular formula is C29H29N5O6S. The Balaban J connectivity index is 1.90. The Hall–Kier alpha value is -5.10. The first-order chi connectivity index (χ1) is 19.8. The van der Waals surface area contributed by atoms with Gasteiger partial charge in [0.15, 0.2) is 5.69 Å². The molecule has 0 aliphatic rings. The Kier molecular flexibility index (Phi) is 9.05. The summed E-state index contributed by atoms with van der Waals surface area (Å²) in [5, 5.41) is 2.93. The average molecular weight is 576 g/mol. The second-order valence-electron chi connectivity index (χ2n) is 8.73. The number of carbonyl (C=O) groups excluding carboxylic acids is 3. The van der Waals surface area contributed by atoms with Crippen molar-refractivity contribution in [2.24, 2.45) is 5.73 Å². The minimum Gasteiger partial charge on any atom is -0.497 e. The van der Waals surface area contributed by atoms with Crippen LogP contribution in [0.15, 0.2) is 72.8 Å². The highest BCUT2D eigenvalue weighted by atomic mass is 32.1. The van der Waals surface area contributed by atoms with Crippen molar-refractivity contribution >= 4 is 40.6 Å². The summed E-state index contributed by atoms with van der Waals surface area (Å²) in [6, 6.07) is 19.7. The van der Waals surface area contributed by atoms with Gasteiger partial charge in [-0.3, -0.25) is 19.3 Å². The Morgan fingerprint density at radius 3 is 2.17 bits per heavy atom. The summed E-state index contributed by atoms with van der Waals surface area (Å²) < 4.78 is 20.2. The van der Waals surface area contributed by atoms with Crippen molar-refractivity contribution in [3.05, 3.63) is 94.5 Å². The van der Waals surface area contributed by atoms with E-state index >= 15 is 0 Å². The number of nitrogens with two attached hydrogens (primary N) is 2. The minimum atomic E-state index is -1.21. The van der Waals surface area contributed by atoms with Gasteiger partial charge < -0.3 is 31.0 Å². The minimum absolute atomic E-state index is 0.0638. The highest BCUT2D eigenvalue weighted by Gasteiger charge is 2.37. The third-order valence-electron chi connectivity index (χ3n) is 6.27. The fourth-order valence-electron chi connectivity index (χ4n) is 4.17. The molecule has 0 saturated heterocycles. The van der Waals surface area contributed by atoms with Crippen LogP contribution in [0.3, 0.4) is 0 Å². The molecule has 0 saturated carbocycles. The van der Waals surface area contributed by atoms with Crippen LogP contribution in [0.4, 0.5) is 11.4 Å². The lowest BCUT2D eigenvalue weighted by Crippen LogP contribution is -2.44. The number of nitrogen functional groups attached to an aromatic ring is 1. The van der Waals surface area contributed by atoms with Gasteiger partial charge in [0.25, 0.3) is 11.8 Å². The molecule has 4 aromatic rings. The molecule has 0 spiro atoms. The second kappa shape index (κ2) is 12.8. The SMILES string of the molecule is COc1ccc([C@H](C(=O)NCc2ccccc2)N(C(=O)c2snc(C(N)=O)c2N)c2ccc(OC)cc2OC)cc1. The lowest BCUT2D eigenvalue weighted by Gasteiger charge is -2.32. The summed E-state index contributed by atoms with van der Waals surface area (Å²) in [6.07, 6.45) is 0. The number of hydrogen-bond donors (Lipinski definition) is 3. The number of benzene rings is 3. The molecule has 212 valence electrons. The van der Waals surface area contributed by atoms with E-state index in [0.29, 0.717) is 28.6 Å². The highest BCUT2D eigenvalue weighted by molar-refractivity contribution is 7.09. The number of hydrogen-bond acceptors (Lipinski definition) is 9. The topological polar surface area (TPSA) is 159 Å². The third kappa shape index (κ3) is 6.23. The number of methoxy groups -OCH3 is 3. The number of primary amides is 1. The van der Waals surface area contributed by atoms with Crippen LogP contribution in [0, 0.1) is 0 Å².